The van der Waals surface area contributed by atoms with E-state index in [1.165, 1.54) is 5.56 Å². The van der Waals surface area contributed by atoms with Gasteiger partial charge in [-0.3, -0.25) is 5.84 Å². The van der Waals surface area contributed by atoms with Gasteiger partial charge in [-0.25, -0.2) is 5.01 Å². The zero-order valence-electron chi connectivity index (χ0n) is 7.13. The number of nitrogens with two attached hydrogens (primary N) is 1. The molecule has 1 aromatic carbocycles. The van der Waals surface area contributed by atoms with E-state index in [-0.39, 0.29) is 0 Å². The number of hydrazine groups is 1. The van der Waals surface area contributed by atoms with Crippen molar-refractivity contribution in [2.45, 2.75) is 13.5 Å². The normalized spacial score (nSPS) is 10.7. The molecule has 2 N–H and O–H groups in total. The van der Waals surface area contributed by atoms with Crippen molar-refractivity contribution in [2.24, 2.45) is 5.84 Å². The topological polar surface area (TPSA) is 29.3 Å². The highest BCUT2D eigenvalue weighted by molar-refractivity contribution is 9.10. The Morgan fingerprint density at radius 3 is 2.67 bits per heavy atom. The Balaban J connectivity index is 2.69. The summed E-state index contributed by atoms with van der Waals surface area (Å²) in [6, 6.07) is 8.11. The summed E-state index contributed by atoms with van der Waals surface area (Å²) in [5.74, 6) is 5.69. The number of hydrogen-bond acceptors (Lipinski definition) is 2. The molecular weight excluding hydrogens is 216 g/mol. The van der Waals surface area contributed by atoms with Gasteiger partial charge >= 0.3 is 0 Å². The maximum atomic E-state index is 5.69. The monoisotopic (exact) mass is 228 g/mol. The Hall–Kier alpha value is -0.380. The van der Waals surface area contributed by atoms with Crippen LogP contribution >= 0.6 is 15.9 Å². The minimum absolute atomic E-state index is 0.790. The van der Waals surface area contributed by atoms with Crippen LogP contribution in [0.1, 0.15) is 12.5 Å². The van der Waals surface area contributed by atoms with Crippen LogP contribution in [0.25, 0.3) is 0 Å². The molecule has 0 aliphatic heterocycles. The average Bonchev–Trinajstić information content (AvgIpc) is 2.09. The van der Waals surface area contributed by atoms with Crippen LogP contribution < -0.4 is 5.84 Å². The Morgan fingerprint density at radius 2 is 2.08 bits per heavy atom. The maximum Gasteiger partial charge on any atom is 0.0390 e. The van der Waals surface area contributed by atoms with Crippen molar-refractivity contribution in [3.05, 3.63) is 34.3 Å². The van der Waals surface area contributed by atoms with E-state index in [1.54, 1.807) is 5.01 Å². The zero-order chi connectivity index (χ0) is 8.97. The van der Waals surface area contributed by atoms with Crippen molar-refractivity contribution in [3.63, 3.8) is 0 Å². The molecule has 1 rings (SSSR count). The summed E-state index contributed by atoms with van der Waals surface area (Å²) in [6.45, 7) is 3.69. The van der Waals surface area contributed by atoms with Crippen molar-refractivity contribution in [2.75, 3.05) is 6.54 Å². The number of benzene rings is 1. The van der Waals surface area contributed by atoms with Gasteiger partial charge < -0.3 is 0 Å². The SMILES string of the molecule is CCN(N)Cc1ccccc1Br. The number of rotatable bonds is 3. The second kappa shape index (κ2) is 4.60. The first-order valence-electron chi connectivity index (χ1n) is 3.97. The Kier molecular flexibility index (Phi) is 3.72. The summed E-state index contributed by atoms with van der Waals surface area (Å²) in [5, 5.41) is 1.78. The standard InChI is InChI=1S/C9H13BrN2/c1-2-12(11)7-8-5-3-4-6-9(8)10/h3-6H,2,7,11H2,1H3. The third-order valence-electron chi connectivity index (χ3n) is 1.74. The van der Waals surface area contributed by atoms with Gasteiger partial charge in [0.15, 0.2) is 0 Å². The first kappa shape index (κ1) is 9.71. The van der Waals surface area contributed by atoms with Crippen molar-refractivity contribution in [3.8, 4) is 0 Å². The lowest BCUT2D eigenvalue weighted by atomic mass is 10.2. The van der Waals surface area contributed by atoms with Crippen molar-refractivity contribution >= 4 is 15.9 Å². The summed E-state index contributed by atoms with van der Waals surface area (Å²) in [4.78, 5) is 0. The summed E-state index contributed by atoms with van der Waals surface area (Å²) < 4.78 is 1.12. The minimum atomic E-state index is 0.790. The first-order chi connectivity index (χ1) is 5.74. The molecule has 12 heavy (non-hydrogen) atoms. The fourth-order valence-electron chi connectivity index (χ4n) is 0.957. The molecule has 0 unspecified atom stereocenters. The minimum Gasteiger partial charge on any atom is -0.268 e. The largest absolute Gasteiger partial charge is 0.268 e. The molecule has 0 bridgehead atoms. The summed E-state index contributed by atoms with van der Waals surface area (Å²) in [6.07, 6.45) is 0. The molecule has 1 aromatic rings. The summed E-state index contributed by atoms with van der Waals surface area (Å²) >= 11 is 3.47. The molecule has 0 heterocycles. The molecule has 0 fully saturated rings. The molecule has 0 radical (unpaired) electrons. The van der Waals surface area contributed by atoms with Gasteiger partial charge in [-0.1, -0.05) is 41.1 Å². The van der Waals surface area contributed by atoms with Crippen LogP contribution in [-0.4, -0.2) is 11.6 Å². The van der Waals surface area contributed by atoms with Crippen LogP contribution in [0.15, 0.2) is 28.7 Å². The quantitative estimate of drug-likeness (QED) is 0.635. The number of nitrogens with zero attached hydrogens (tertiary/aromatic N) is 1. The second-order valence-corrected chi connectivity index (χ2v) is 3.51. The Labute approximate surface area is 81.5 Å². The van der Waals surface area contributed by atoms with E-state index in [9.17, 15) is 0 Å². The molecule has 0 amide bonds. The summed E-state index contributed by atoms with van der Waals surface area (Å²) in [7, 11) is 0. The maximum absolute atomic E-state index is 5.69. The van der Waals surface area contributed by atoms with Crippen molar-refractivity contribution in [1.82, 2.24) is 5.01 Å². The van der Waals surface area contributed by atoms with E-state index in [2.05, 4.69) is 22.0 Å². The highest BCUT2D eigenvalue weighted by Gasteiger charge is 2.00. The molecule has 3 heteroatoms. The highest BCUT2D eigenvalue weighted by atomic mass is 79.9. The molecule has 0 spiro atoms. The van der Waals surface area contributed by atoms with Crippen molar-refractivity contribution in [1.29, 1.82) is 0 Å². The van der Waals surface area contributed by atoms with E-state index in [0.717, 1.165) is 17.6 Å². The fourth-order valence-corrected chi connectivity index (χ4v) is 1.37. The van der Waals surface area contributed by atoms with Crippen LogP contribution in [0.3, 0.4) is 0 Å². The van der Waals surface area contributed by atoms with Gasteiger partial charge in [0.05, 0.1) is 0 Å². The fraction of sp³-hybridized carbons (Fsp3) is 0.333. The zero-order valence-corrected chi connectivity index (χ0v) is 8.71. The van der Waals surface area contributed by atoms with Crippen molar-refractivity contribution < 1.29 is 0 Å². The smallest absolute Gasteiger partial charge is 0.0390 e. The molecule has 0 aliphatic rings. The molecule has 0 saturated heterocycles. The van der Waals surface area contributed by atoms with Crippen LogP contribution in [0.5, 0.6) is 0 Å². The molecule has 0 saturated carbocycles. The van der Waals surface area contributed by atoms with E-state index in [4.69, 9.17) is 5.84 Å². The number of halogens is 1. The second-order valence-electron chi connectivity index (χ2n) is 2.65. The first-order valence-corrected chi connectivity index (χ1v) is 4.76. The van der Waals surface area contributed by atoms with Gasteiger partial charge in [-0.2, -0.15) is 0 Å². The summed E-state index contributed by atoms with van der Waals surface area (Å²) in [5.41, 5.74) is 1.22. The molecular formula is C9H13BrN2. The Morgan fingerprint density at radius 1 is 1.42 bits per heavy atom. The van der Waals surface area contributed by atoms with Gasteiger partial charge in [0.1, 0.15) is 0 Å². The van der Waals surface area contributed by atoms with E-state index in [0.29, 0.717) is 0 Å². The molecule has 0 aliphatic carbocycles. The van der Waals surface area contributed by atoms with E-state index in [1.807, 2.05) is 25.1 Å². The van der Waals surface area contributed by atoms with Crippen LogP contribution in [-0.2, 0) is 6.54 Å². The van der Waals surface area contributed by atoms with Crippen LogP contribution in [0.2, 0.25) is 0 Å². The molecule has 66 valence electrons. The lowest BCUT2D eigenvalue weighted by Crippen LogP contribution is -2.29. The Bertz CT molecular complexity index is 250. The third-order valence-corrected chi connectivity index (χ3v) is 2.51. The van der Waals surface area contributed by atoms with Gasteiger partial charge in [0.2, 0.25) is 0 Å². The highest BCUT2D eigenvalue weighted by Crippen LogP contribution is 2.16. The average molecular weight is 229 g/mol. The van der Waals surface area contributed by atoms with Gasteiger partial charge in [0.25, 0.3) is 0 Å². The molecule has 0 aromatic heterocycles. The van der Waals surface area contributed by atoms with Crippen LogP contribution in [0, 0.1) is 0 Å². The predicted octanol–water partition coefficient (Wildman–Crippen LogP) is 2.14. The third kappa shape index (κ3) is 2.59. The lowest BCUT2D eigenvalue weighted by Gasteiger charge is -2.14. The van der Waals surface area contributed by atoms with Gasteiger partial charge in [0, 0.05) is 17.6 Å². The lowest BCUT2D eigenvalue weighted by molar-refractivity contribution is 0.290. The number of hydrogen-bond donors (Lipinski definition) is 1. The molecule has 2 nitrogen and oxygen atoms in total. The molecule has 0 atom stereocenters. The van der Waals surface area contributed by atoms with E-state index >= 15 is 0 Å². The van der Waals surface area contributed by atoms with Gasteiger partial charge in [-0.15, -0.1) is 0 Å². The predicted molar refractivity (Wildman–Crippen MR) is 54.4 cm³/mol. The van der Waals surface area contributed by atoms with Crippen LogP contribution in [0.4, 0.5) is 0 Å². The van der Waals surface area contributed by atoms with Gasteiger partial charge in [-0.05, 0) is 11.6 Å². The van der Waals surface area contributed by atoms with E-state index < -0.39 is 0 Å².